The van der Waals surface area contributed by atoms with Crippen molar-refractivity contribution in [3.05, 3.63) is 34.9 Å². The number of benzene rings is 1. The van der Waals surface area contributed by atoms with Crippen LogP contribution < -0.4 is 0 Å². The van der Waals surface area contributed by atoms with E-state index in [1.807, 2.05) is 0 Å². The zero-order valence-corrected chi connectivity index (χ0v) is 11.1. The molecule has 1 unspecified atom stereocenters. The Morgan fingerprint density at radius 1 is 1.25 bits per heavy atom. The smallest absolute Gasteiger partial charge is 0.0364 e. The molecule has 0 nitrogen and oxygen atoms in total. The van der Waals surface area contributed by atoms with Crippen molar-refractivity contribution in [2.45, 2.75) is 51.3 Å². The average molecular weight is 237 g/mol. The number of aryl methyl sites for hydroxylation is 3. The van der Waals surface area contributed by atoms with Gasteiger partial charge in [0.2, 0.25) is 0 Å². The lowest BCUT2D eigenvalue weighted by Gasteiger charge is -2.08. The van der Waals surface area contributed by atoms with Crippen molar-refractivity contribution in [1.29, 1.82) is 0 Å². The van der Waals surface area contributed by atoms with Gasteiger partial charge in [0.05, 0.1) is 0 Å². The fourth-order valence-electron chi connectivity index (χ4n) is 2.15. The molecule has 0 aromatic heterocycles. The maximum Gasteiger partial charge on any atom is 0.0364 e. The second kappa shape index (κ2) is 5.23. The molecular weight excluding hydrogens is 216 g/mol. The van der Waals surface area contributed by atoms with Crippen molar-refractivity contribution in [3.63, 3.8) is 0 Å². The van der Waals surface area contributed by atoms with Crippen molar-refractivity contribution in [2.24, 2.45) is 5.92 Å². The SMILES string of the molecule is Cc1ccc(CCCC(Cl)C2CC2)cc1C. The van der Waals surface area contributed by atoms with Crippen LogP contribution in [0.3, 0.4) is 0 Å². The van der Waals surface area contributed by atoms with Crippen LogP contribution in [0.1, 0.15) is 42.4 Å². The zero-order valence-electron chi connectivity index (χ0n) is 10.3. The molecular formula is C15H21Cl. The molecule has 0 N–H and O–H groups in total. The first kappa shape index (κ1) is 12.0. The number of rotatable bonds is 5. The molecule has 1 fully saturated rings. The van der Waals surface area contributed by atoms with Gasteiger partial charge in [-0.2, -0.15) is 0 Å². The van der Waals surface area contributed by atoms with Crippen LogP contribution in [-0.4, -0.2) is 5.38 Å². The summed E-state index contributed by atoms with van der Waals surface area (Å²) in [5, 5.41) is 0.437. The summed E-state index contributed by atoms with van der Waals surface area (Å²) in [6.07, 6.45) is 6.30. The van der Waals surface area contributed by atoms with Gasteiger partial charge in [0.25, 0.3) is 0 Å². The number of hydrogen-bond donors (Lipinski definition) is 0. The molecule has 0 spiro atoms. The second-order valence-corrected chi connectivity index (χ2v) is 5.72. The minimum atomic E-state index is 0.437. The highest BCUT2D eigenvalue weighted by molar-refractivity contribution is 6.20. The first-order valence-corrected chi connectivity index (χ1v) is 6.80. The summed E-state index contributed by atoms with van der Waals surface area (Å²) in [4.78, 5) is 0. The Kier molecular flexibility index (Phi) is 3.91. The molecule has 1 heteroatoms. The van der Waals surface area contributed by atoms with E-state index in [9.17, 15) is 0 Å². The van der Waals surface area contributed by atoms with Crippen LogP contribution >= 0.6 is 11.6 Å². The van der Waals surface area contributed by atoms with Gasteiger partial charge in [-0.05, 0) is 68.6 Å². The Labute approximate surface area is 104 Å². The Morgan fingerprint density at radius 3 is 2.62 bits per heavy atom. The fraction of sp³-hybridized carbons (Fsp3) is 0.600. The molecule has 0 aliphatic heterocycles. The molecule has 1 aliphatic carbocycles. The number of hydrogen-bond acceptors (Lipinski definition) is 0. The summed E-state index contributed by atoms with van der Waals surface area (Å²) in [5.74, 6) is 0.835. The van der Waals surface area contributed by atoms with E-state index in [0.717, 1.165) is 5.92 Å². The topological polar surface area (TPSA) is 0 Å². The average Bonchev–Trinajstić information content (AvgIpc) is 3.07. The van der Waals surface area contributed by atoms with Crippen molar-refractivity contribution >= 4 is 11.6 Å². The molecule has 0 saturated heterocycles. The van der Waals surface area contributed by atoms with Crippen LogP contribution in [0.4, 0.5) is 0 Å². The normalized spacial score (nSPS) is 17.4. The van der Waals surface area contributed by atoms with Gasteiger partial charge in [-0.3, -0.25) is 0 Å². The maximum atomic E-state index is 6.30. The molecule has 1 atom stereocenters. The molecule has 88 valence electrons. The second-order valence-electron chi connectivity index (χ2n) is 5.16. The fourth-order valence-corrected chi connectivity index (χ4v) is 2.56. The molecule has 0 bridgehead atoms. The van der Waals surface area contributed by atoms with Gasteiger partial charge in [0.1, 0.15) is 0 Å². The predicted octanol–water partition coefficient (Wildman–Crippen LogP) is 4.64. The Morgan fingerprint density at radius 2 is 2.00 bits per heavy atom. The van der Waals surface area contributed by atoms with E-state index >= 15 is 0 Å². The number of halogens is 1. The van der Waals surface area contributed by atoms with Gasteiger partial charge in [0.15, 0.2) is 0 Å². The molecule has 0 amide bonds. The molecule has 1 saturated carbocycles. The predicted molar refractivity (Wildman–Crippen MR) is 71.2 cm³/mol. The van der Waals surface area contributed by atoms with Crippen LogP contribution in [0.5, 0.6) is 0 Å². The molecule has 1 aromatic carbocycles. The lowest BCUT2D eigenvalue weighted by atomic mass is 10.0. The Bertz CT molecular complexity index is 352. The first-order valence-electron chi connectivity index (χ1n) is 6.37. The lowest BCUT2D eigenvalue weighted by Crippen LogP contribution is -2.01. The summed E-state index contributed by atoms with van der Waals surface area (Å²) < 4.78 is 0. The van der Waals surface area contributed by atoms with E-state index in [1.54, 1.807) is 0 Å². The van der Waals surface area contributed by atoms with E-state index in [-0.39, 0.29) is 0 Å². The van der Waals surface area contributed by atoms with E-state index in [2.05, 4.69) is 32.0 Å². The van der Waals surface area contributed by atoms with Crippen molar-refractivity contribution in [3.8, 4) is 0 Å². The van der Waals surface area contributed by atoms with Gasteiger partial charge in [0, 0.05) is 5.38 Å². The van der Waals surface area contributed by atoms with Gasteiger partial charge in [-0.25, -0.2) is 0 Å². The van der Waals surface area contributed by atoms with Crippen molar-refractivity contribution in [1.82, 2.24) is 0 Å². The molecule has 0 radical (unpaired) electrons. The van der Waals surface area contributed by atoms with Gasteiger partial charge >= 0.3 is 0 Å². The van der Waals surface area contributed by atoms with Crippen LogP contribution in [0.25, 0.3) is 0 Å². The van der Waals surface area contributed by atoms with Crippen LogP contribution in [0.15, 0.2) is 18.2 Å². The molecule has 2 rings (SSSR count). The van der Waals surface area contributed by atoms with Crippen molar-refractivity contribution < 1.29 is 0 Å². The third-order valence-corrected chi connectivity index (χ3v) is 4.22. The van der Waals surface area contributed by atoms with E-state index < -0.39 is 0 Å². The van der Waals surface area contributed by atoms with E-state index in [4.69, 9.17) is 11.6 Å². The third kappa shape index (κ3) is 3.25. The van der Waals surface area contributed by atoms with Gasteiger partial charge < -0.3 is 0 Å². The highest BCUT2D eigenvalue weighted by atomic mass is 35.5. The first-order chi connectivity index (χ1) is 7.66. The monoisotopic (exact) mass is 236 g/mol. The summed E-state index contributed by atoms with van der Waals surface area (Å²) in [7, 11) is 0. The summed E-state index contributed by atoms with van der Waals surface area (Å²) in [5.41, 5.74) is 4.25. The summed E-state index contributed by atoms with van der Waals surface area (Å²) in [6, 6.07) is 6.79. The molecule has 16 heavy (non-hydrogen) atoms. The Hall–Kier alpha value is -0.490. The quantitative estimate of drug-likeness (QED) is 0.654. The largest absolute Gasteiger partial charge is 0.123 e. The highest BCUT2D eigenvalue weighted by Crippen LogP contribution is 2.37. The van der Waals surface area contributed by atoms with E-state index in [0.29, 0.717) is 5.38 Å². The van der Waals surface area contributed by atoms with Crippen LogP contribution in [0, 0.1) is 19.8 Å². The molecule has 1 aliphatic rings. The standard InChI is InChI=1S/C15H21Cl/c1-11-6-7-13(10-12(11)2)4-3-5-15(16)14-8-9-14/h6-7,10,14-15H,3-5,8-9H2,1-2H3. The summed E-state index contributed by atoms with van der Waals surface area (Å²) >= 11 is 6.30. The van der Waals surface area contributed by atoms with Gasteiger partial charge in [-0.15, -0.1) is 11.6 Å². The minimum Gasteiger partial charge on any atom is -0.123 e. The molecule has 0 heterocycles. The molecule has 1 aromatic rings. The lowest BCUT2D eigenvalue weighted by molar-refractivity contribution is 0.637. The zero-order chi connectivity index (χ0) is 11.5. The summed E-state index contributed by atoms with van der Waals surface area (Å²) in [6.45, 7) is 4.36. The van der Waals surface area contributed by atoms with Crippen LogP contribution in [0.2, 0.25) is 0 Å². The van der Waals surface area contributed by atoms with E-state index in [1.165, 1.54) is 48.8 Å². The highest BCUT2D eigenvalue weighted by Gasteiger charge is 2.28. The van der Waals surface area contributed by atoms with Crippen LogP contribution in [-0.2, 0) is 6.42 Å². The van der Waals surface area contributed by atoms with Gasteiger partial charge in [-0.1, -0.05) is 18.2 Å². The maximum absolute atomic E-state index is 6.30. The number of alkyl halides is 1. The minimum absolute atomic E-state index is 0.437. The third-order valence-electron chi connectivity index (χ3n) is 3.65. The van der Waals surface area contributed by atoms with Crippen molar-refractivity contribution in [2.75, 3.05) is 0 Å². The Balaban J connectivity index is 1.78.